The summed E-state index contributed by atoms with van der Waals surface area (Å²) in [5.74, 6) is 2.11. The van der Waals surface area contributed by atoms with Crippen molar-refractivity contribution < 1.29 is 13.9 Å². The molecule has 0 amide bonds. The monoisotopic (exact) mass is 542 g/mol. The summed E-state index contributed by atoms with van der Waals surface area (Å²) in [6.07, 6.45) is 1.65. The number of rotatable bonds is 12. The summed E-state index contributed by atoms with van der Waals surface area (Å²) < 4.78 is 18.4. The van der Waals surface area contributed by atoms with Gasteiger partial charge in [0.1, 0.15) is 17.6 Å². The van der Waals surface area contributed by atoms with Gasteiger partial charge in [-0.15, -0.1) is 5.10 Å². The molecule has 10 heteroatoms. The normalized spacial score (nSPS) is 12.3. The van der Waals surface area contributed by atoms with E-state index in [1.807, 2.05) is 56.3 Å². The molecule has 0 unspecified atom stereocenters. The molecule has 0 aliphatic heterocycles. The number of tetrazole rings is 1. The number of H-pyrrole nitrogens is 1. The van der Waals surface area contributed by atoms with E-state index in [0.717, 1.165) is 39.1 Å². The fourth-order valence-electron chi connectivity index (χ4n) is 5.08. The molecule has 0 spiro atoms. The Bertz CT molecular complexity index is 1610. The molecule has 208 valence electrons. The largest absolute Gasteiger partial charge is 0.494 e. The maximum atomic E-state index is 13.8. The second-order valence-corrected chi connectivity index (χ2v) is 9.82. The van der Waals surface area contributed by atoms with Crippen LogP contribution < -0.4 is 10.3 Å². The maximum absolute atomic E-state index is 13.8. The maximum Gasteiger partial charge on any atom is 0.253 e. The van der Waals surface area contributed by atoms with Crippen molar-refractivity contribution in [2.75, 3.05) is 20.3 Å². The first kappa shape index (κ1) is 27.3. The molecule has 0 bridgehead atoms. The average Bonchev–Trinajstić information content (AvgIpc) is 3.62. The van der Waals surface area contributed by atoms with Gasteiger partial charge in [0.2, 0.25) is 0 Å². The van der Waals surface area contributed by atoms with Gasteiger partial charge in [-0.2, -0.15) is 0 Å². The van der Waals surface area contributed by atoms with Gasteiger partial charge in [0.05, 0.1) is 38.1 Å². The Morgan fingerprint density at radius 2 is 1.93 bits per heavy atom. The van der Waals surface area contributed by atoms with E-state index in [1.165, 1.54) is 0 Å². The Kier molecular flexibility index (Phi) is 8.37. The Hall–Kier alpha value is -4.28. The number of nitrogens with zero attached hydrogens (tertiary/aromatic N) is 5. The third-order valence-corrected chi connectivity index (χ3v) is 6.85. The van der Waals surface area contributed by atoms with Crippen molar-refractivity contribution >= 4 is 10.9 Å². The summed E-state index contributed by atoms with van der Waals surface area (Å²) in [5.41, 5.74) is 4.35. The topological polar surface area (TPSA) is 111 Å². The molecule has 3 heterocycles. The molecular formula is C30H34N6O4. The molecule has 0 saturated heterocycles. The first-order chi connectivity index (χ1) is 19.5. The summed E-state index contributed by atoms with van der Waals surface area (Å²) in [5, 5.41) is 13.6. The van der Waals surface area contributed by atoms with Crippen LogP contribution in [0.25, 0.3) is 10.9 Å². The van der Waals surface area contributed by atoms with Crippen molar-refractivity contribution in [1.82, 2.24) is 30.1 Å². The van der Waals surface area contributed by atoms with Crippen molar-refractivity contribution in [1.29, 1.82) is 0 Å². The minimum absolute atomic E-state index is 0.193. The molecule has 0 aliphatic carbocycles. The Morgan fingerprint density at radius 1 is 1.10 bits per heavy atom. The fourth-order valence-corrected chi connectivity index (χ4v) is 5.08. The van der Waals surface area contributed by atoms with Crippen LogP contribution in [0.3, 0.4) is 0 Å². The van der Waals surface area contributed by atoms with Crippen molar-refractivity contribution in [2.24, 2.45) is 0 Å². The minimum atomic E-state index is -0.586. The SMILES string of the molecule is CCOc1ccc(CN(Cc2ccco2)[C@@H](c2cc3cc(C)cc(C)c3[nH]c2=O)c2nnnn2CCOC)cc1. The highest BCUT2D eigenvalue weighted by atomic mass is 16.5. The number of benzene rings is 2. The summed E-state index contributed by atoms with van der Waals surface area (Å²) in [4.78, 5) is 19.1. The number of furan rings is 1. The molecule has 0 fully saturated rings. The standard InChI is InChI=1S/C30H34N6O4/c1-5-39-24-10-8-22(9-11-24)18-35(19-25-7-6-13-40-25)28(29-32-33-34-36(29)12-14-38-4)26-17-23-16-20(2)15-21(3)27(23)31-30(26)37/h6-11,13,15-17,28H,5,12,14,18-19H2,1-4H3,(H,31,37)/t28-/m0/s1. The van der Waals surface area contributed by atoms with Crippen LogP contribution in [0.2, 0.25) is 0 Å². The Labute approximate surface area is 232 Å². The highest BCUT2D eigenvalue weighted by Gasteiger charge is 2.31. The predicted molar refractivity (Wildman–Crippen MR) is 151 cm³/mol. The molecule has 5 aromatic rings. The van der Waals surface area contributed by atoms with Crippen LogP contribution in [0.15, 0.2) is 70.1 Å². The molecule has 1 N–H and O–H groups in total. The van der Waals surface area contributed by atoms with E-state index in [0.29, 0.717) is 44.2 Å². The van der Waals surface area contributed by atoms with Crippen LogP contribution in [0.4, 0.5) is 0 Å². The van der Waals surface area contributed by atoms with E-state index < -0.39 is 6.04 Å². The smallest absolute Gasteiger partial charge is 0.253 e. The average molecular weight is 543 g/mol. The van der Waals surface area contributed by atoms with Crippen molar-refractivity contribution in [2.45, 2.75) is 46.4 Å². The number of hydrogen-bond acceptors (Lipinski definition) is 8. The van der Waals surface area contributed by atoms with Crippen LogP contribution in [0, 0.1) is 13.8 Å². The second kappa shape index (κ2) is 12.3. The van der Waals surface area contributed by atoms with E-state index in [4.69, 9.17) is 13.9 Å². The quantitative estimate of drug-likeness (QED) is 0.244. The molecule has 10 nitrogen and oxygen atoms in total. The number of hydrogen-bond donors (Lipinski definition) is 1. The van der Waals surface area contributed by atoms with Crippen molar-refractivity contribution in [3.05, 3.63) is 105 Å². The highest BCUT2D eigenvalue weighted by molar-refractivity contribution is 5.83. The van der Waals surface area contributed by atoms with E-state index in [9.17, 15) is 4.79 Å². The molecule has 1 atom stereocenters. The number of methoxy groups -OCH3 is 1. The first-order valence-electron chi connectivity index (χ1n) is 13.3. The fraction of sp³-hybridized carbons (Fsp3) is 0.333. The number of ether oxygens (including phenoxy) is 2. The lowest BCUT2D eigenvalue weighted by molar-refractivity contribution is 0.163. The first-order valence-corrected chi connectivity index (χ1v) is 13.3. The van der Waals surface area contributed by atoms with Gasteiger partial charge < -0.3 is 18.9 Å². The minimum Gasteiger partial charge on any atom is -0.494 e. The van der Waals surface area contributed by atoms with Gasteiger partial charge in [-0.1, -0.05) is 23.8 Å². The number of aromatic amines is 1. The van der Waals surface area contributed by atoms with Gasteiger partial charge in [-0.05, 0) is 84.1 Å². The van der Waals surface area contributed by atoms with Gasteiger partial charge in [-0.25, -0.2) is 4.68 Å². The van der Waals surface area contributed by atoms with E-state index in [-0.39, 0.29) is 5.56 Å². The molecule has 40 heavy (non-hydrogen) atoms. The predicted octanol–water partition coefficient (Wildman–Crippen LogP) is 4.56. The zero-order valence-corrected chi connectivity index (χ0v) is 23.3. The molecule has 2 aromatic carbocycles. The van der Waals surface area contributed by atoms with Gasteiger partial charge in [0.25, 0.3) is 5.56 Å². The summed E-state index contributed by atoms with van der Waals surface area (Å²) in [6.45, 7) is 8.40. The molecule has 5 rings (SSSR count). The molecule has 3 aromatic heterocycles. The van der Waals surface area contributed by atoms with Crippen LogP contribution in [0.1, 0.15) is 46.8 Å². The van der Waals surface area contributed by atoms with Crippen molar-refractivity contribution in [3.63, 3.8) is 0 Å². The third-order valence-electron chi connectivity index (χ3n) is 6.85. The van der Waals surface area contributed by atoms with Gasteiger partial charge in [-0.3, -0.25) is 9.69 Å². The lowest BCUT2D eigenvalue weighted by Crippen LogP contribution is -2.35. The van der Waals surface area contributed by atoms with Gasteiger partial charge in [0, 0.05) is 19.2 Å². The molecule has 0 aliphatic rings. The van der Waals surface area contributed by atoms with E-state index in [1.54, 1.807) is 18.1 Å². The van der Waals surface area contributed by atoms with Gasteiger partial charge >= 0.3 is 0 Å². The Morgan fingerprint density at radius 3 is 2.65 bits per heavy atom. The molecule has 0 saturated carbocycles. The van der Waals surface area contributed by atoms with Crippen LogP contribution in [-0.2, 0) is 24.4 Å². The van der Waals surface area contributed by atoms with E-state index in [2.05, 4.69) is 44.5 Å². The number of fused-ring (bicyclic) bond motifs is 1. The van der Waals surface area contributed by atoms with Crippen molar-refractivity contribution in [3.8, 4) is 5.75 Å². The summed E-state index contributed by atoms with van der Waals surface area (Å²) in [6, 6.07) is 17.3. The number of aromatic nitrogens is 5. The lowest BCUT2D eigenvalue weighted by Gasteiger charge is -2.30. The molecule has 0 radical (unpaired) electrons. The lowest BCUT2D eigenvalue weighted by atomic mass is 10.00. The van der Waals surface area contributed by atoms with Crippen LogP contribution in [-0.4, -0.2) is 50.4 Å². The zero-order valence-electron chi connectivity index (χ0n) is 23.3. The van der Waals surface area contributed by atoms with Crippen LogP contribution >= 0.6 is 0 Å². The molecular weight excluding hydrogens is 508 g/mol. The number of pyridine rings is 1. The number of nitrogens with one attached hydrogen (secondary N) is 1. The third kappa shape index (κ3) is 5.98. The summed E-state index contributed by atoms with van der Waals surface area (Å²) >= 11 is 0. The van der Waals surface area contributed by atoms with Gasteiger partial charge in [0.15, 0.2) is 5.82 Å². The number of aryl methyl sites for hydroxylation is 2. The Balaban J connectivity index is 1.66. The highest BCUT2D eigenvalue weighted by Crippen LogP contribution is 2.31. The van der Waals surface area contributed by atoms with E-state index >= 15 is 0 Å². The second-order valence-electron chi connectivity index (χ2n) is 9.82. The van der Waals surface area contributed by atoms with Crippen LogP contribution in [0.5, 0.6) is 5.75 Å². The zero-order chi connectivity index (χ0) is 28.1. The summed E-state index contributed by atoms with van der Waals surface area (Å²) in [7, 11) is 1.63.